The van der Waals surface area contributed by atoms with Gasteiger partial charge >= 0.3 is 17.9 Å². The van der Waals surface area contributed by atoms with E-state index in [-0.39, 0.29) is 23.4 Å². The van der Waals surface area contributed by atoms with Crippen LogP contribution in [0.25, 0.3) is 0 Å². The Labute approximate surface area is 221 Å². The van der Waals surface area contributed by atoms with E-state index >= 15 is 0 Å². The van der Waals surface area contributed by atoms with E-state index in [1.54, 1.807) is 31.2 Å². The van der Waals surface area contributed by atoms with Gasteiger partial charge in [-0.3, -0.25) is 4.79 Å². The van der Waals surface area contributed by atoms with E-state index in [2.05, 4.69) is 16.6 Å². The number of carbonyl (C=O) groups is 4. The monoisotopic (exact) mass is 525 g/mol. The van der Waals surface area contributed by atoms with Crippen molar-refractivity contribution < 1.29 is 33.5 Å². The molecule has 2 aromatic carbocycles. The molecule has 0 amide bonds. The number of nitrogens with zero attached hydrogens (tertiary/aromatic N) is 1. The summed E-state index contributed by atoms with van der Waals surface area (Å²) in [6, 6.07) is 14.1. The Bertz CT molecular complexity index is 1140. The maximum Gasteiger partial charge on any atom is 0.338 e. The molecule has 37 heavy (non-hydrogen) atoms. The molecule has 0 radical (unpaired) electrons. The first kappa shape index (κ1) is 29.5. The van der Waals surface area contributed by atoms with Gasteiger partial charge in [0.1, 0.15) is 5.71 Å². The molecule has 0 bridgehead atoms. The SMILES string of the molecule is C=C(C)C(=O)OCCCCCCOC(=O)c1ccc(Sc2ccc(C(=O)/C(C)=N/OC(C)=O)cc2)cc1. The molecular formula is C28H31NO7S. The second-order valence-electron chi connectivity index (χ2n) is 8.21. The van der Waals surface area contributed by atoms with Gasteiger partial charge in [0.2, 0.25) is 5.78 Å². The number of ketones is 1. The van der Waals surface area contributed by atoms with Crippen molar-refractivity contribution in [3.8, 4) is 0 Å². The molecule has 0 aliphatic carbocycles. The molecule has 2 rings (SSSR count). The van der Waals surface area contributed by atoms with Crippen molar-refractivity contribution >= 4 is 41.2 Å². The molecular weight excluding hydrogens is 494 g/mol. The molecule has 9 heteroatoms. The molecule has 0 unspecified atom stereocenters. The van der Waals surface area contributed by atoms with Crippen molar-refractivity contribution in [3.05, 3.63) is 71.8 Å². The van der Waals surface area contributed by atoms with Gasteiger partial charge in [0.05, 0.1) is 18.8 Å². The Balaban J connectivity index is 1.73. The fourth-order valence-electron chi connectivity index (χ4n) is 2.95. The van der Waals surface area contributed by atoms with Crippen LogP contribution in [0.2, 0.25) is 0 Å². The Morgan fingerprint density at radius 1 is 0.757 bits per heavy atom. The van der Waals surface area contributed by atoms with E-state index < -0.39 is 5.97 Å². The predicted molar refractivity (Wildman–Crippen MR) is 141 cm³/mol. The maximum atomic E-state index is 12.3. The number of carbonyl (C=O) groups excluding carboxylic acids is 4. The summed E-state index contributed by atoms with van der Waals surface area (Å²) >= 11 is 1.49. The molecule has 196 valence electrons. The third kappa shape index (κ3) is 10.8. The van der Waals surface area contributed by atoms with Gasteiger partial charge in [-0.05, 0) is 88.1 Å². The van der Waals surface area contributed by atoms with Crippen molar-refractivity contribution in [1.29, 1.82) is 0 Å². The molecule has 0 N–H and O–H groups in total. The highest BCUT2D eigenvalue weighted by atomic mass is 32.2. The van der Waals surface area contributed by atoms with Crippen LogP contribution < -0.4 is 0 Å². The number of benzene rings is 2. The largest absolute Gasteiger partial charge is 0.462 e. The quantitative estimate of drug-likeness (QED) is 0.0579. The minimum atomic E-state index is -0.592. The molecule has 0 fully saturated rings. The van der Waals surface area contributed by atoms with Gasteiger partial charge in [-0.1, -0.05) is 23.5 Å². The topological polar surface area (TPSA) is 108 Å². The second kappa shape index (κ2) is 15.4. The highest BCUT2D eigenvalue weighted by Gasteiger charge is 2.12. The number of oxime groups is 1. The van der Waals surface area contributed by atoms with Gasteiger partial charge in [0.15, 0.2) is 0 Å². The number of rotatable bonds is 14. The first-order chi connectivity index (χ1) is 17.7. The summed E-state index contributed by atoms with van der Waals surface area (Å²) in [5.41, 5.74) is 1.38. The molecule has 0 atom stereocenters. The summed E-state index contributed by atoms with van der Waals surface area (Å²) < 4.78 is 10.4. The van der Waals surface area contributed by atoms with E-state index in [1.807, 2.05) is 24.3 Å². The van der Waals surface area contributed by atoms with E-state index in [9.17, 15) is 19.2 Å². The molecule has 0 saturated carbocycles. The van der Waals surface area contributed by atoms with Crippen LogP contribution in [0.5, 0.6) is 0 Å². The van der Waals surface area contributed by atoms with Crippen LogP contribution in [0.3, 0.4) is 0 Å². The smallest absolute Gasteiger partial charge is 0.338 e. The maximum absolute atomic E-state index is 12.3. The van der Waals surface area contributed by atoms with Crippen LogP contribution in [0, 0.1) is 0 Å². The first-order valence-corrected chi connectivity index (χ1v) is 12.6. The molecule has 0 spiro atoms. The molecule has 0 saturated heterocycles. The molecule has 0 heterocycles. The average molecular weight is 526 g/mol. The average Bonchev–Trinajstić information content (AvgIpc) is 2.88. The van der Waals surface area contributed by atoms with E-state index in [0.717, 1.165) is 35.5 Å². The van der Waals surface area contributed by atoms with Crippen LogP contribution in [0.15, 0.2) is 75.6 Å². The third-order valence-corrected chi connectivity index (χ3v) is 5.95. The number of hydrogen-bond donors (Lipinski definition) is 0. The lowest BCUT2D eigenvalue weighted by atomic mass is 10.1. The van der Waals surface area contributed by atoms with Gasteiger partial charge < -0.3 is 14.3 Å². The Hall–Kier alpha value is -3.72. The zero-order valence-corrected chi connectivity index (χ0v) is 22.1. The molecule has 8 nitrogen and oxygen atoms in total. The van der Waals surface area contributed by atoms with E-state index in [1.165, 1.54) is 25.6 Å². The highest BCUT2D eigenvalue weighted by molar-refractivity contribution is 7.99. The molecule has 0 aliphatic heterocycles. The summed E-state index contributed by atoms with van der Waals surface area (Å²) in [7, 11) is 0. The van der Waals surface area contributed by atoms with E-state index in [0.29, 0.717) is 29.9 Å². The van der Waals surface area contributed by atoms with Crippen molar-refractivity contribution in [1.82, 2.24) is 0 Å². The second-order valence-corrected chi connectivity index (χ2v) is 9.35. The number of esters is 2. The van der Waals surface area contributed by atoms with Crippen molar-refractivity contribution in [3.63, 3.8) is 0 Å². The minimum absolute atomic E-state index is 0.0830. The minimum Gasteiger partial charge on any atom is -0.462 e. The number of unbranched alkanes of at least 4 members (excludes halogenated alkanes) is 3. The van der Waals surface area contributed by atoms with Gasteiger partial charge in [0, 0.05) is 27.9 Å². The van der Waals surface area contributed by atoms with Crippen LogP contribution in [-0.2, 0) is 23.9 Å². The lowest BCUT2D eigenvalue weighted by molar-refractivity contribution is -0.141. The zero-order chi connectivity index (χ0) is 27.2. The van der Waals surface area contributed by atoms with E-state index in [4.69, 9.17) is 9.47 Å². The normalized spacial score (nSPS) is 10.9. The van der Waals surface area contributed by atoms with Crippen molar-refractivity contribution in [2.45, 2.75) is 56.2 Å². The fraction of sp³-hybridized carbons (Fsp3) is 0.321. The van der Waals surface area contributed by atoms with Gasteiger partial charge in [-0.25, -0.2) is 14.4 Å². The van der Waals surface area contributed by atoms with Crippen LogP contribution in [0.1, 0.15) is 67.2 Å². The highest BCUT2D eigenvalue weighted by Crippen LogP contribution is 2.28. The lowest BCUT2D eigenvalue weighted by Gasteiger charge is -2.07. The van der Waals surface area contributed by atoms with Crippen molar-refractivity contribution in [2.75, 3.05) is 13.2 Å². The van der Waals surface area contributed by atoms with Crippen LogP contribution in [-0.4, -0.2) is 42.6 Å². The molecule has 2 aromatic rings. The number of Topliss-reactive ketones (excluding diaryl/α,β-unsaturated/α-hetero) is 1. The number of ether oxygens (including phenoxy) is 2. The summed E-state index contributed by atoms with van der Waals surface area (Å²) in [6.45, 7) is 8.53. The zero-order valence-electron chi connectivity index (χ0n) is 21.3. The summed E-state index contributed by atoms with van der Waals surface area (Å²) in [6.07, 6.45) is 3.25. The summed E-state index contributed by atoms with van der Waals surface area (Å²) in [5.74, 6) is -1.67. The molecule has 0 aromatic heterocycles. The van der Waals surface area contributed by atoms with Crippen LogP contribution in [0.4, 0.5) is 0 Å². The third-order valence-electron chi connectivity index (χ3n) is 4.94. The lowest BCUT2D eigenvalue weighted by Crippen LogP contribution is -2.11. The molecule has 0 aliphatic rings. The van der Waals surface area contributed by atoms with Gasteiger partial charge in [0.25, 0.3) is 0 Å². The number of hydrogen-bond acceptors (Lipinski definition) is 9. The standard InChI is InChI=1S/C28H31NO7S/c1-19(2)27(32)34-17-7-5-6-8-18-35-28(33)23-11-15-25(16-12-23)37-24-13-9-22(10-14-24)26(31)20(3)29-36-21(4)30/h9-16H,1,5-8,17-18H2,2-4H3/b29-20+. The summed E-state index contributed by atoms with van der Waals surface area (Å²) in [4.78, 5) is 53.1. The van der Waals surface area contributed by atoms with Crippen LogP contribution >= 0.6 is 11.8 Å². The predicted octanol–water partition coefficient (Wildman–Crippen LogP) is 5.80. The summed E-state index contributed by atoms with van der Waals surface area (Å²) in [5, 5.41) is 3.52. The van der Waals surface area contributed by atoms with Gasteiger partial charge in [-0.15, -0.1) is 0 Å². The Kier molecular flexibility index (Phi) is 12.3. The Morgan fingerprint density at radius 3 is 1.78 bits per heavy atom. The first-order valence-electron chi connectivity index (χ1n) is 11.8. The Morgan fingerprint density at radius 2 is 1.27 bits per heavy atom. The fourth-order valence-corrected chi connectivity index (χ4v) is 3.76. The van der Waals surface area contributed by atoms with Gasteiger partial charge in [-0.2, -0.15) is 0 Å². The van der Waals surface area contributed by atoms with Crippen molar-refractivity contribution in [2.24, 2.45) is 5.16 Å².